The van der Waals surface area contributed by atoms with Crippen molar-refractivity contribution in [3.8, 4) is 0 Å². The van der Waals surface area contributed by atoms with Crippen molar-refractivity contribution in [3.63, 3.8) is 0 Å². The smallest absolute Gasteiger partial charge is 0.0690 e. The maximum absolute atomic E-state index is 3.60. The fourth-order valence-corrected chi connectivity index (χ4v) is 4.43. The van der Waals surface area contributed by atoms with Crippen LogP contribution in [0, 0.1) is 3.57 Å². The first-order valence-corrected chi connectivity index (χ1v) is 8.53. The molecule has 5 heteroatoms. The number of thiophene rings is 1. The van der Waals surface area contributed by atoms with Crippen LogP contribution in [-0.2, 0) is 0 Å². The predicted octanol–water partition coefficient (Wildman–Crippen LogP) is 5.19. The standard InChI is InChI=1S/C12H10Br2INS/c1-16-11(12-9(14)4-5-17-12)8-6-7(13)2-3-10(8)15/h2-6,11,16H,1H3. The molecular weight excluding hydrogens is 477 g/mol. The molecule has 1 aromatic heterocycles. The lowest BCUT2D eigenvalue weighted by Crippen LogP contribution is -2.18. The summed E-state index contributed by atoms with van der Waals surface area (Å²) in [7, 11) is 1.99. The van der Waals surface area contributed by atoms with Gasteiger partial charge in [0.25, 0.3) is 0 Å². The maximum Gasteiger partial charge on any atom is 0.0690 e. The van der Waals surface area contributed by atoms with Gasteiger partial charge < -0.3 is 5.32 Å². The second-order valence-electron chi connectivity index (χ2n) is 3.52. The van der Waals surface area contributed by atoms with Gasteiger partial charge in [-0.15, -0.1) is 11.3 Å². The number of rotatable bonds is 3. The van der Waals surface area contributed by atoms with Gasteiger partial charge in [0.2, 0.25) is 0 Å². The number of nitrogens with one attached hydrogen (secondary N) is 1. The van der Waals surface area contributed by atoms with Crippen molar-refractivity contribution in [1.29, 1.82) is 0 Å². The van der Waals surface area contributed by atoms with Gasteiger partial charge in [0.05, 0.1) is 6.04 Å². The molecule has 0 aliphatic rings. The molecule has 0 amide bonds. The van der Waals surface area contributed by atoms with E-state index in [4.69, 9.17) is 0 Å². The largest absolute Gasteiger partial charge is 0.309 e. The van der Waals surface area contributed by atoms with Crippen LogP contribution in [0.25, 0.3) is 0 Å². The van der Waals surface area contributed by atoms with Crippen LogP contribution in [0.4, 0.5) is 0 Å². The van der Waals surface area contributed by atoms with Crippen molar-refractivity contribution in [3.05, 3.63) is 52.6 Å². The van der Waals surface area contributed by atoms with E-state index in [1.165, 1.54) is 14.0 Å². The summed E-state index contributed by atoms with van der Waals surface area (Å²) in [5.41, 5.74) is 1.30. The Morgan fingerprint density at radius 1 is 1.29 bits per heavy atom. The Bertz CT molecular complexity index is 527. The van der Waals surface area contributed by atoms with Crippen LogP contribution < -0.4 is 5.32 Å². The van der Waals surface area contributed by atoms with Gasteiger partial charge in [-0.25, -0.2) is 0 Å². The van der Waals surface area contributed by atoms with E-state index in [0.29, 0.717) is 0 Å². The molecule has 0 fully saturated rings. The molecule has 0 radical (unpaired) electrons. The fraction of sp³-hybridized carbons (Fsp3) is 0.167. The van der Waals surface area contributed by atoms with Crippen molar-refractivity contribution in [1.82, 2.24) is 5.32 Å². The first kappa shape index (κ1) is 14.0. The molecule has 1 nitrogen and oxygen atoms in total. The molecule has 17 heavy (non-hydrogen) atoms. The lowest BCUT2D eigenvalue weighted by Gasteiger charge is -2.18. The third-order valence-electron chi connectivity index (χ3n) is 2.46. The molecule has 0 saturated carbocycles. The van der Waals surface area contributed by atoms with Gasteiger partial charge in [0.1, 0.15) is 0 Å². The summed E-state index contributed by atoms with van der Waals surface area (Å²) in [6, 6.07) is 8.70. The third kappa shape index (κ3) is 3.12. The summed E-state index contributed by atoms with van der Waals surface area (Å²) >= 11 is 11.3. The Kier molecular flexibility index (Phi) is 5.06. The van der Waals surface area contributed by atoms with Gasteiger partial charge in [-0.1, -0.05) is 15.9 Å². The average molecular weight is 487 g/mol. The average Bonchev–Trinajstić information content (AvgIpc) is 2.71. The van der Waals surface area contributed by atoms with E-state index in [1.807, 2.05) is 7.05 Å². The van der Waals surface area contributed by atoms with E-state index in [2.05, 4.69) is 89.4 Å². The van der Waals surface area contributed by atoms with Crippen molar-refractivity contribution >= 4 is 65.8 Å². The van der Waals surface area contributed by atoms with E-state index < -0.39 is 0 Å². The number of benzene rings is 1. The minimum absolute atomic E-state index is 0.230. The Morgan fingerprint density at radius 2 is 2.06 bits per heavy atom. The molecule has 0 aliphatic heterocycles. The molecule has 1 aromatic carbocycles. The highest BCUT2D eigenvalue weighted by Crippen LogP contribution is 2.35. The van der Waals surface area contributed by atoms with Crippen LogP contribution in [0.3, 0.4) is 0 Å². The van der Waals surface area contributed by atoms with Crippen LogP contribution in [0.5, 0.6) is 0 Å². The predicted molar refractivity (Wildman–Crippen MR) is 89.8 cm³/mol. The monoisotopic (exact) mass is 485 g/mol. The summed E-state index contributed by atoms with van der Waals surface area (Å²) in [6.45, 7) is 0. The number of hydrogen-bond donors (Lipinski definition) is 1. The van der Waals surface area contributed by atoms with E-state index in [9.17, 15) is 0 Å². The molecule has 1 atom stereocenters. The van der Waals surface area contributed by atoms with Gasteiger partial charge >= 0.3 is 0 Å². The Labute approximate surface area is 135 Å². The summed E-state index contributed by atoms with van der Waals surface area (Å²) in [5.74, 6) is 0. The molecule has 1 N–H and O–H groups in total. The van der Waals surface area contributed by atoms with Gasteiger partial charge in [-0.2, -0.15) is 0 Å². The number of halogens is 3. The minimum atomic E-state index is 0.230. The molecule has 2 aromatic rings. The number of hydrogen-bond acceptors (Lipinski definition) is 2. The molecule has 0 saturated heterocycles. The zero-order valence-electron chi connectivity index (χ0n) is 9.01. The second-order valence-corrected chi connectivity index (χ2v) is 7.40. The first-order valence-electron chi connectivity index (χ1n) is 4.98. The van der Waals surface area contributed by atoms with Crippen LogP contribution in [0.15, 0.2) is 38.6 Å². The quantitative estimate of drug-likeness (QED) is 0.589. The fourth-order valence-electron chi connectivity index (χ4n) is 1.68. The van der Waals surface area contributed by atoms with E-state index in [-0.39, 0.29) is 6.04 Å². The Balaban J connectivity index is 2.49. The molecule has 0 spiro atoms. The van der Waals surface area contributed by atoms with Gasteiger partial charge in [-0.3, -0.25) is 0 Å². The topological polar surface area (TPSA) is 12.0 Å². The summed E-state index contributed by atoms with van der Waals surface area (Å²) < 4.78 is 3.55. The van der Waals surface area contributed by atoms with Crippen LogP contribution in [-0.4, -0.2) is 7.05 Å². The molecule has 90 valence electrons. The summed E-state index contributed by atoms with van der Waals surface area (Å²) in [6.07, 6.45) is 0. The van der Waals surface area contributed by atoms with Crippen molar-refractivity contribution < 1.29 is 0 Å². The van der Waals surface area contributed by atoms with Crippen molar-refractivity contribution in [2.24, 2.45) is 0 Å². The van der Waals surface area contributed by atoms with Crippen LogP contribution in [0.1, 0.15) is 16.5 Å². The molecule has 1 heterocycles. The lowest BCUT2D eigenvalue weighted by molar-refractivity contribution is 0.698. The minimum Gasteiger partial charge on any atom is -0.309 e. The Morgan fingerprint density at radius 3 is 2.65 bits per heavy atom. The molecule has 2 rings (SSSR count). The molecule has 0 aliphatic carbocycles. The third-order valence-corrected chi connectivity index (χ3v) is 5.88. The van der Waals surface area contributed by atoms with E-state index >= 15 is 0 Å². The van der Waals surface area contributed by atoms with Gasteiger partial charge in [0.15, 0.2) is 0 Å². The molecule has 0 bridgehead atoms. The highest BCUT2D eigenvalue weighted by atomic mass is 127. The normalized spacial score (nSPS) is 12.7. The van der Waals surface area contributed by atoms with Crippen molar-refractivity contribution in [2.45, 2.75) is 6.04 Å². The second kappa shape index (κ2) is 6.14. The highest BCUT2D eigenvalue weighted by molar-refractivity contribution is 14.1. The zero-order chi connectivity index (χ0) is 12.4. The first-order chi connectivity index (χ1) is 8.13. The van der Waals surface area contributed by atoms with E-state index in [1.54, 1.807) is 11.3 Å². The maximum atomic E-state index is 3.60. The highest BCUT2D eigenvalue weighted by Gasteiger charge is 2.18. The van der Waals surface area contributed by atoms with Crippen molar-refractivity contribution in [2.75, 3.05) is 7.05 Å². The van der Waals surface area contributed by atoms with E-state index in [0.717, 1.165) is 8.95 Å². The summed E-state index contributed by atoms with van der Waals surface area (Å²) in [5, 5.41) is 5.49. The van der Waals surface area contributed by atoms with Gasteiger partial charge in [-0.05, 0) is 80.8 Å². The van der Waals surface area contributed by atoms with Gasteiger partial charge in [0, 0.05) is 17.4 Å². The SMILES string of the molecule is CNC(c1cc(Br)ccc1I)c1sccc1Br. The molecule has 1 unspecified atom stereocenters. The zero-order valence-corrected chi connectivity index (χ0v) is 15.2. The Hall–Kier alpha value is 0.570. The summed E-state index contributed by atoms with van der Waals surface area (Å²) in [4.78, 5) is 1.31. The van der Waals surface area contributed by atoms with Crippen LogP contribution >= 0.6 is 65.8 Å². The van der Waals surface area contributed by atoms with Crippen LogP contribution in [0.2, 0.25) is 0 Å². The molecular formula is C12H10Br2INS. The lowest BCUT2D eigenvalue weighted by atomic mass is 10.1.